The van der Waals surface area contributed by atoms with Crippen LogP contribution in [0.5, 0.6) is 0 Å². The fourth-order valence-electron chi connectivity index (χ4n) is 2.22. The molecule has 21 heavy (non-hydrogen) atoms. The summed E-state index contributed by atoms with van der Waals surface area (Å²) < 4.78 is 5.56. The van der Waals surface area contributed by atoms with Crippen molar-refractivity contribution in [3.63, 3.8) is 0 Å². The molecule has 1 atom stereocenters. The Labute approximate surface area is 126 Å². The molecular formula is C16H25NO4. The minimum absolute atomic E-state index is 0.0156. The van der Waals surface area contributed by atoms with Gasteiger partial charge in [0.25, 0.3) is 0 Å². The summed E-state index contributed by atoms with van der Waals surface area (Å²) in [4.78, 5) is 17.4. The maximum absolute atomic E-state index is 12.3. The number of nitrogens with zero attached hydrogens (tertiary/aromatic N) is 1. The van der Waals surface area contributed by atoms with Gasteiger partial charge in [0.05, 0.1) is 5.71 Å². The average Bonchev–Trinajstić information content (AvgIpc) is 2.42. The monoisotopic (exact) mass is 295 g/mol. The molecule has 1 unspecified atom stereocenters. The van der Waals surface area contributed by atoms with E-state index in [-0.39, 0.29) is 17.8 Å². The van der Waals surface area contributed by atoms with Crippen LogP contribution in [0.4, 0.5) is 0 Å². The Morgan fingerprint density at radius 3 is 2.67 bits per heavy atom. The number of oxime groups is 1. The highest BCUT2D eigenvalue weighted by Gasteiger charge is 2.40. The van der Waals surface area contributed by atoms with E-state index in [2.05, 4.69) is 5.16 Å². The minimum atomic E-state index is -0.803. The second-order valence-corrected chi connectivity index (χ2v) is 5.30. The van der Waals surface area contributed by atoms with Gasteiger partial charge in [-0.3, -0.25) is 0 Å². The largest absolute Gasteiger partial charge is 0.511 e. The van der Waals surface area contributed by atoms with Crippen LogP contribution in [0.1, 0.15) is 53.9 Å². The summed E-state index contributed by atoms with van der Waals surface area (Å²) >= 11 is 0. The van der Waals surface area contributed by atoms with Crippen LogP contribution in [0.25, 0.3) is 0 Å². The van der Waals surface area contributed by atoms with E-state index in [0.717, 1.165) is 12.0 Å². The van der Waals surface area contributed by atoms with Crippen molar-refractivity contribution in [2.45, 2.75) is 59.5 Å². The Morgan fingerprint density at radius 2 is 2.19 bits per heavy atom. The van der Waals surface area contributed by atoms with E-state index in [9.17, 15) is 9.90 Å². The van der Waals surface area contributed by atoms with Crippen molar-refractivity contribution in [1.29, 1.82) is 0 Å². The lowest BCUT2D eigenvalue weighted by Gasteiger charge is -2.35. The zero-order valence-electron chi connectivity index (χ0n) is 13.5. The summed E-state index contributed by atoms with van der Waals surface area (Å²) in [6.07, 6.45) is 3.47. The number of rotatable bonds is 6. The Kier molecular flexibility index (Phi) is 6.00. The predicted molar refractivity (Wildman–Crippen MR) is 82.2 cm³/mol. The summed E-state index contributed by atoms with van der Waals surface area (Å²) in [6.45, 7) is 9.75. The molecule has 1 heterocycles. The highest BCUT2D eigenvalue weighted by Crippen LogP contribution is 2.35. The molecule has 0 spiro atoms. The standard InChI is InChI=1S/C16H25NO4/c1-6-9-12(17-20-8-3)14-13(18)10-16(5,11(4)7-2)21-15(14)19/h7,18H,6,8-10H2,1-5H3/b11-7+,17-12+. The molecule has 0 aromatic carbocycles. The molecule has 0 aliphatic carbocycles. The molecule has 1 rings (SSSR count). The normalized spacial score (nSPS) is 24.1. The van der Waals surface area contributed by atoms with Crippen LogP contribution in [0, 0.1) is 0 Å². The highest BCUT2D eigenvalue weighted by atomic mass is 16.6. The van der Waals surface area contributed by atoms with Crippen LogP contribution in [-0.4, -0.2) is 29.0 Å². The van der Waals surface area contributed by atoms with E-state index in [1.807, 2.05) is 33.8 Å². The molecule has 0 saturated carbocycles. The molecule has 5 nitrogen and oxygen atoms in total. The van der Waals surface area contributed by atoms with Gasteiger partial charge in [0.15, 0.2) is 0 Å². The first-order chi connectivity index (χ1) is 9.89. The quantitative estimate of drug-likeness (QED) is 0.351. The molecule has 1 aliphatic rings. The Balaban J connectivity index is 3.18. The lowest BCUT2D eigenvalue weighted by Crippen LogP contribution is -2.40. The molecule has 0 aromatic rings. The SMILES string of the molecule is C/C=C(\C)C1(C)CC(O)=C(/C(CCC)=N/OCC)C(=O)O1. The van der Waals surface area contributed by atoms with Gasteiger partial charge >= 0.3 is 5.97 Å². The smallest absolute Gasteiger partial charge is 0.344 e. The maximum atomic E-state index is 12.3. The second kappa shape index (κ2) is 7.29. The molecule has 1 aliphatic heterocycles. The zero-order chi connectivity index (χ0) is 16.0. The van der Waals surface area contributed by atoms with Gasteiger partial charge in [-0.25, -0.2) is 4.79 Å². The summed E-state index contributed by atoms with van der Waals surface area (Å²) in [6, 6.07) is 0. The van der Waals surface area contributed by atoms with E-state index < -0.39 is 11.6 Å². The number of hydrogen-bond donors (Lipinski definition) is 1. The van der Waals surface area contributed by atoms with Crippen LogP contribution in [0.15, 0.2) is 28.1 Å². The first kappa shape index (κ1) is 17.3. The number of aliphatic hydroxyl groups excluding tert-OH is 1. The first-order valence-corrected chi connectivity index (χ1v) is 7.37. The number of carbonyl (C=O) groups excluding carboxylic acids is 1. The molecule has 0 aromatic heterocycles. The van der Waals surface area contributed by atoms with Crippen molar-refractivity contribution in [2.75, 3.05) is 6.61 Å². The minimum Gasteiger partial charge on any atom is -0.511 e. The third-order valence-electron chi connectivity index (χ3n) is 3.66. The van der Waals surface area contributed by atoms with Gasteiger partial charge < -0.3 is 14.7 Å². The van der Waals surface area contributed by atoms with Crippen LogP contribution < -0.4 is 0 Å². The van der Waals surface area contributed by atoms with Crippen molar-refractivity contribution in [3.8, 4) is 0 Å². The summed E-state index contributed by atoms with van der Waals surface area (Å²) in [5, 5.41) is 14.3. The van der Waals surface area contributed by atoms with Crippen molar-refractivity contribution in [2.24, 2.45) is 5.16 Å². The predicted octanol–water partition coefficient (Wildman–Crippen LogP) is 3.66. The van der Waals surface area contributed by atoms with E-state index in [1.165, 1.54) is 0 Å². The number of aliphatic hydroxyl groups is 1. The molecule has 0 bridgehead atoms. The number of cyclic esters (lactones) is 1. The number of esters is 1. The van der Waals surface area contributed by atoms with E-state index >= 15 is 0 Å². The second-order valence-electron chi connectivity index (χ2n) is 5.30. The van der Waals surface area contributed by atoms with Crippen LogP contribution in [-0.2, 0) is 14.4 Å². The maximum Gasteiger partial charge on any atom is 0.344 e. The molecule has 0 fully saturated rings. The number of carbonyl (C=O) groups is 1. The van der Waals surface area contributed by atoms with Gasteiger partial charge in [0.1, 0.15) is 23.5 Å². The molecule has 118 valence electrons. The topological polar surface area (TPSA) is 68.1 Å². The van der Waals surface area contributed by atoms with Gasteiger partial charge in [-0.1, -0.05) is 24.6 Å². The number of allylic oxidation sites excluding steroid dienone is 1. The molecular weight excluding hydrogens is 270 g/mol. The molecule has 1 N–H and O–H groups in total. The van der Waals surface area contributed by atoms with Crippen molar-refractivity contribution < 1.29 is 19.5 Å². The Bertz CT molecular complexity index is 491. The van der Waals surface area contributed by atoms with Crippen LogP contribution in [0.2, 0.25) is 0 Å². The Morgan fingerprint density at radius 1 is 1.52 bits per heavy atom. The lowest BCUT2D eigenvalue weighted by molar-refractivity contribution is -0.152. The van der Waals surface area contributed by atoms with Gasteiger partial charge in [0, 0.05) is 6.42 Å². The third-order valence-corrected chi connectivity index (χ3v) is 3.66. The highest BCUT2D eigenvalue weighted by molar-refractivity contribution is 6.20. The van der Waals surface area contributed by atoms with Crippen molar-refractivity contribution in [1.82, 2.24) is 0 Å². The first-order valence-electron chi connectivity index (χ1n) is 7.37. The van der Waals surface area contributed by atoms with Gasteiger partial charge in [-0.05, 0) is 39.7 Å². The summed E-state index contributed by atoms with van der Waals surface area (Å²) in [5.74, 6) is -0.531. The fourth-order valence-corrected chi connectivity index (χ4v) is 2.22. The van der Waals surface area contributed by atoms with E-state index in [0.29, 0.717) is 18.7 Å². The summed E-state index contributed by atoms with van der Waals surface area (Å²) in [7, 11) is 0. The molecule has 5 heteroatoms. The number of ether oxygens (including phenoxy) is 1. The zero-order valence-corrected chi connectivity index (χ0v) is 13.5. The molecule has 0 amide bonds. The number of hydrogen-bond acceptors (Lipinski definition) is 5. The van der Waals surface area contributed by atoms with Crippen molar-refractivity contribution in [3.05, 3.63) is 23.0 Å². The third kappa shape index (κ3) is 3.86. The van der Waals surface area contributed by atoms with E-state index in [1.54, 1.807) is 6.92 Å². The molecule has 0 radical (unpaired) electrons. The fraction of sp³-hybridized carbons (Fsp3) is 0.625. The lowest BCUT2D eigenvalue weighted by atomic mass is 9.87. The van der Waals surface area contributed by atoms with Gasteiger partial charge in [0.2, 0.25) is 0 Å². The van der Waals surface area contributed by atoms with Gasteiger partial charge in [-0.2, -0.15) is 0 Å². The van der Waals surface area contributed by atoms with Crippen LogP contribution >= 0.6 is 0 Å². The summed E-state index contributed by atoms with van der Waals surface area (Å²) in [5.41, 5.74) is 0.691. The van der Waals surface area contributed by atoms with Crippen LogP contribution in [0.3, 0.4) is 0 Å². The van der Waals surface area contributed by atoms with Gasteiger partial charge in [-0.15, -0.1) is 0 Å². The Hall–Kier alpha value is -1.78. The molecule has 0 saturated heterocycles. The van der Waals surface area contributed by atoms with Crippen molar-refractivity contribution >= 4 is 11.7 Å². The van der Waals surface area contributed by atoms with E-state index in [4.69, 9.17) is 9.57 Å². The average molecular weight is 295 g/mol.